The highest BCUT2D eigenvalue weighted by atomic mass is 16.5. The Morgan fingerprint density at radius 1 is 0.871 bits per heavy atom. The third-order valence-electron chi connectivity index (χ3n) is 3.75. The van der Waals surface area contributed by atoms with Crippen LogP contribution in [-0.2, 0) is 38.3 Å². The second-order valence-corrected chi connectivity index (χ2v) is 6.16. The molecule has 0 saturated carbocycles. The first-order valence-corrected chi connectivity index (χ1v) is 9.05. The Kier molecular flexibility index (Phi) is 10.3. The minimum absolute atomic E-state index is 0.157. The smallest absolute Gasteiger partial charge is 0.325 e. The maximum Gasteiger partial charge on any atom is 0.325 e. The molecule has 1 atom stereocenters. The van der Waals surface area contributed by atoms with Gasteiger partial charge in [0, 0.05) is 12.2 Å². The van der Waals surface area contributed by atoms with Crippen molar-refractivity contribution in [2.24, 2.45) is 0 Å². The molecule has 0 bridgehead atoms. The second kappa shape index (κ2) is 12.7. The van der Waals surface area contributed by atoms with E-state index in [0.717, 1.165) is 24.2 Å². The SMILES string of the molecule is COC(=O)CNC(=O)C(C)NC(=O)CNC(=O)CNC(=O)CNCN1C(=O)C=CC1=O. The van der Waals surface area contributed by atoms with E-state index in [-0.39, 0.29) is 19.8 Å². The summed E-state index contributed by atoms with van der Waals surface area (Å²) >= 11 is 0. The van der Waals surface area contributed by atoms with Crippen molar-refractivity contribution in [3.05, 3.63) is 12.2 Å². The van der Waals surface area contributed by atoms with Crippen molar-refractivity contribution >= 4 is 41.4 Å². The molecule has 0 radical (unpaired) electrons. The standard InChI is InChI=1S/C17H24N6O8/c1-10(17(30)21-8-16(29)31-2)22-13(26)7-20-12(25)6-19-11(24)5-18-9-23-14(27)3-4-15(23)28/h3-4,10,18H,5-9H2,1-2H3,(H,19,24)(H,20,25)(H,21,30)(H,22,26). The molecule has 170 valence electrons. The molecule has 0 saturated heterocycles. The van der Waals surface area contributed by atoms with E-state index in [1.54, 1.807) is 0 Å². The van der Waals surface area contributed by atoms with Crippen LogP contribution in [0.5, 0.6) is 0 Å². The summed E-state index contributed by atoms with van der Waals surface area (Å²) in [6, 6.07) is -0.954. The van der Waals surface area contributed by atoms with Gasteiger partial charge in [-0.3, -0.25) is 43.8 Å². The van der Waals surface area contributed by atoms with Gasteiger partial charge in [-0.05, 0) is 6.92 Å². The quantitative estimate of drug-likeness (QED) is 0.147. The molecule has 0 aromatic rings. The average molecular weight is 440 g/mol. The van der Waals surface area contributed by atoms with Crippen LogP contribution in [0.4, 0.5) is 0 Å². The topological polar surface area (TPSA) is 192 Å². The van der Waals surface area contributed by atoms with Gasteiger partial charge < -0.3 is 26.0 Å². The van der Waals surface area contributed by atoms with Crippen molar-refractivity contribution < 1.29 is 38.3 Å². The minimum atomic E-state index is -0.954. The van der Waals surface area contributed by atoms with Gasteiger partial charge in [0.05, 0.1) is 33.4 Å². The number of carbonyl (C=O) groups excluding carboxylic acids is 7. The number of hydrogen-bond acceptors (Lipinski definition) is 9. The summed E-state index contributed by atoms with van der Waals surface area (Å²) in [5, 5.41) is 11.7. The average Bonchev–Trinajstić information content (AvgIpc) is 3.06. The molecule has 1 unspecified atom stereocenters. The fourth-order valence-electron chi connectivity index (χ4n) is 2.09. The van der Waals surface area contributed by atoms with Crippen molar-refractivity contribution in [3.63, 3.8) is 0 Å². The second-order valence-electron chi connectivity index (χ2n) is 6.16. The van der Waals surface area contributed by atoms with E-state index in [4.69, 9.17) is 0 Å². The van der Waals surface area contributed by atoms with Crippen molar-refractivity contribution in [3.8, 4) is 0 Å². The zero-order valence-electron chi connectivity index (χ0n) is 17.0. The predicted octanol–water partition coefficient (Wildman–Crippen LogP) is -4.52. The third kappa shape index (κ3) is 9.49. The van der Waals surface area contributed by atoms with E-state index >= 15 is 0 Å². The van der Waals surface area contributed by atoms with Gasteiger partial charge in [-0.15, -0.1) is 0 Å². The van der Waals surface area contributed by atoms with Crippen molar-refractivity contribution in [2.75, 3.05) is 40.0 Å². The lowest BCUT2D eigenvalue weighted by Crippen LogP contribution is -2.49. The number of carbonyl (C=O) groups is 7. The molecule has 1 heterocycles. The van der Waals surface area contributed by atoms with E-state index in [1.165, 1.54) is 6.92 Å². The van der Waals surface area contributed by atoms with Gasteiger partial charge in [0.25, 0.3) is 11.8 Å². The minimum Gasteiger partial charge on any atom is -0.468 e. The Morgan fingerprint density at radius 2 is 1.42 bits per heavy atom. The lowest BCUT2D eigenvalue weighted by Gasteiger charge is -2.15. The van der Waals surface area contributed by atoms with Crippen LogP contribution in [0.1, 0.15) is 6.92 Å². The number of amides is 6. The lowest BCUT2D eigenvalue weighted by atomic mass is 10.3. The molecule has 1 rings (SSSR count). The van der Waals surface area contributed by atoms with Crippen LogP contribution in [0.3, 0.4) is 0 Å². The maximum absolute atomic E-state index is 11.8. The summed E-state index contributed by atoms with van der Waals surface area (Å²) < 4.78 is 4.37. The summed E-state index contributed by atoms with van der Waals surface area (Å²) in [7, 11) is 1.16. The van der Waals surface area contributed by atoms with Crippen molar-refractivity contribution in [1.29, 1.82) is 0 Å². The van der Waals surface area contributed by atoms with E-state index in [9.17, 15) is 33.6 Å². The van der Waals surface area contributed by atoms with E-state index in [1.807, 2.05) is 0 Å². The maximum atomic E-state index is 11.8. The number of rotatable bonds is 12. The molecule has 6 amide bonds. The van der Waals surface area contributed by atoms with Crippen LogP contribution in [0.15, 0.2) is 12.2 Å². The highest BCUT2D eigenvalue weighted by Gasteiger charge is 2.22. The zero-order valence-corrected chi connectivity index (χ0v) is 17.0. The van der Waals surface area contributed by atoms with E-state index < -0.39 is 60.5 Å². The molecule has 1 aliphatic rings. The molecule has 14 heteroatoms. The van der Waals surface area contributed by atoms with Crippen LogP contribution in [-0.4, -0.2) is 92.3 Å². The predicted molar refractivity (Wildman–Crippen MR) is 103 cm³/mol. The molecule has 0 spiro atoms. The Bertz CT molecular complexity index is 763. The number of nitrogens with zero attached hydrogens (tertiary/aromatic N) is 1. The van der Waals surface area contributed by atoms with E-state index in [0.29, 0.717) is 0 Å². The lowest BCUT2D eigenvalue weighted by molar-refractivity contribution is -0.141. The van der Waals surface area contributed by atoms with E-state index in [2.05, 4.69) is 31.3 Å². The number of methoxy groups -OCH3 is 1. The number of nitrogens with one attached hydrogen (secondary N) is 5. The summed E-state index contributed by atoms with van der Waals surface area (Å²) in [5.41, 5.74) is 0. The molecular formula is C17H24N6O8. The fourth-order valence-corrected chi connectivity index (χ4v) is 2.09. The molecule has 14 nitrogen and oxygen atoms in total. The first-order chi connectivity index (χ1) is 14.6. The fraction of sp³-hybridized carbons (Fsp3) is 0.471. The molecule has 0 aromatic heterocycles. The largest absolute Gasteiger partial charge is 0.468 e. The van der Waals surface area contributed by atoms with Crippen molar-refractivity contribution in [1.82, 2.24) is 31.5 Å². The van der Waals surface area contributed by atoms with Crippen LogP contribution in [0.2, 0.25) is 0 Å². The monoisotopic (exact) mass is 440 g/mol. The van der Waals surface area contributed by atoms with Gasteiger partial charge in [-0.2, -0.15) is 0 Å². The molecule has 0 aliphatic carbocycles. The Balaban J connectivity index is 2.17. The first kappa shape index (κ1) is 25.2. The number of hydrogen-bond donors (Lipinski definition) is 5. The number of esters is 1. The summed E-state index contributed by atoms with van der Waals surface area (Å²) in [6.45, 7) is -0.208. The molecule has 5 N–H and O–H groups in total. The summed E-state index contributed by atoms with van der Waals surface area (Å²) in [6.07, 6.45) is 2.22. The Labute approximate surface area is 177 Å². The van der Waals surface area contributed by atoms with Crippen LogP contribution >= 0.6 is 0 Å². The van der Waals surface area contributed by atoms with Gasteiger partial charge in [0.1, 0.15) is 12.6 Å². The van der Waals surface area contributed by atoms with Gasteiger partial charge in [0.15, 0.2) is 0 Å². The molecule has 0 aromatic carbocycles. The van der Waals surface area contributed by atoms with Gasteiger partial charge in [-0.1, -0.05) is 0 Å². The Morgan fingerprint density at radius 3 is 2.00 bits per heavy atom. The first-order valence-electron chi connectivity index (χ1n) is 9.05. The molecular weight excluding hydrogens is 416 g/mol. The molecule has 0 fully saturated rings. The highest BCUT2D eigenvalue weighted by Crippen LogP contribution is 2.00. The van der Waals surface area contributed by atoms with Gasteiger partial charge >= 0.3 is 5.97 Å². The Hall–Kier alpha value is -3.81. The summed E-state index contributed by atoms with van der Waals surface area (Å²) in [4.78, 5) is 81.3. The van der Waals surface area contributed by atoms with Crippen LogP contribution < -0.4 is 26.6 Å². The van der Waals surface area contributed by atoms with Gasteiger partial charge in [0.2, 0.25) is 23.6 Å². The van der Waals surface area contributed by atoms with Crippen molar-refractivity contribution in [2.45, 2.75) is 13.0 Å². The normalized spacial score (nSPS) is 13.4. The zero-order chi connectivity index (χ0) is 23.4. The third-order valence-corrected chi connectivity index (χ3v) is 3.75. The van der Waals surface area contributed by atoms with Crippen LogP contribution in [0.25, 0.3) is 0 Å². The number of ether oxygens (including phenoxy) is 1. The number of imide groups is 1. The van der Waals surface area contributed by atoms with Gasteiger partial charge in [-0.25, -0.2) is 0 Å². The molecule has 31 heavy (non-hydrogen) atoms. The highest BCUT2D eigenvalue weighted by molar-refractivity contribution is 6.12. The molecule has 1 aliphatic heterocycles. The van der Waals surface area contributed by atoms with Crippen LogP contribution in [0, 0.1) is 0 Å². The summed E-state index contributed by atoms with van der Waals surface area (Å²) in [5.74, 6) is -4.13.